The van der Waals surface area contributed by atoms with Gasteiger partial charge in [-0.05, 0) is 12.1 Å². The van der Waals surface area contributed by atoms with Crippen molar-refractivity contribution in [1.29, 1.82) is 0 Å². The van der Waals surface area contributed by atoms with Gasteiger partial charge in [0.25, 0.3) is 5.91 Å². The number of rotatable bonds is 3. The van der Waals surface area contributed by atoms with Crippen LogP contribution >= 0.6 is 23.2 Å². The van der Waals surface area contributed by atoms with Crippen LogP contribution in [0.15, 0.2) is 34.6 Å². The summed E-state index contributed by atoms with van der Waals surface area (Å²) in [6.07, 6.45) is 1.52. The Morgan fingerprint density at radius 2 is 1.85 bits per heavy atom. The molecule has 0 spiro atoms. The van der Waals surface area contributed by atoms with E-state index in [1.807, 2.05) is 0 Å². The minimum atomic E-state index is -0.681. The Labute approximate surface area is 127 Å². The lowest BCUT2D eigenvalue weighted by atomic mass is 9.95. The highest BCUT2D eigenvalue weighted by Gasteiger charge is 2.25. The van der Waals surface area contributed by atoms with E-state index < -0.39 is 11.3 Å². The Kier molecular flexibility index (Phi) is 5.53. The molecule has 1 rings (SSSR count). The quantitative estimate of drug-likeness (QED) is 0.842. The van der Waals surface area contributed by atoms with Crippen molar-refractivity contribution in [2.24, 2.45) is 5.41 Å². The van der Waals surface area contributed by atoms with Gasteiger partial charge in [0.05, 0.1) is 0 Å². The zero-order valence-electron chi connectivity index (χ0n) is 11.3. The smallest absolute Gasteiger partial charge is 0.275 e. The van der Waals surface area contributed by atoms with Crippen LogP contribution in [0, 0.1) is 5.41 Å². The minimum Gasteiger partial charge on any atom is -0.319 e. The fourth-order valence-corrected chi connectivity index (χ4v) is 1.37. The van der Waals surface area contributed by atoms with E-state index in [0.717, 1.165) is 0 Å². The van der Waals surface area contributed by atoms with E-state index in [0.29, 0.717) is 5.82 Å². The molecule has 5 nitrogen and oxygen atoms in total. The average Bonchev–Trinajstić information content (AvgIpc) is 2.35. The van der Waals surface area contributed by atoms with E-state index in [-0.39, 0.29) is 16.1 Å². The molecular weight excluding hydrogens is 301 g/mol. The number of nitrogens with one attached hydrogen (secondary N) is 2. The van der Waals surface area contributed by atoms with Gasteiger partial charge in [-0.3, -0.25) is 9.59 Å². The maximum absolute atomic E-state index is 12.0. The van der Waals surface area contributed by atoms with Crippen molar-refractivity contribution in [3.63, 3.8) is 0 Å². The SMILES string of the molecule is CC(C)(C)C(=O)NC(C(=O)Nc1ccccn1)=C(Cl)Cl. The molecule has 0 fully saturated rings. The molecule has 0 aliphatic rings. The molecule has 0 bridgehead atoms. The fraction of sp³-hybridized carbons (Fsp3) is 0.308. The predicted molar refractivity (Wildman–Crippen MR) is 79.2 cm³/mol. The molecule has 1 heterocycles. The molecule has 0 saturated carbocycles. The van der Waals surface area contributed by atoms with Gasteiger partial charge in [0.2, 0.25) is 5.91 Å². The van der Waals surface area contributed by atoms with E-state index >= 15 is 0 Å². The van der Waals surface area contributed by atoms with Crippen LogP contribution in [0.5, 0.6) is 0 Å². The van der Waals surface area contributed by atoms with Crippen LogP contribution in [0.3, 0.4) is 0 Å². The van der Waals surface area contributed by atoms with Crippen LogP contribution in [-0.4, -0.2) is 16.8 Å². The van der Waals surface area contributed by atoms with Crippen molar-refractivity contribution in [1.82, 2.24) is 10.3 Å². The van der Waals surface area contributed by atoms with E-state index in [1.165, 1.54) is 6.20 Å². The Bertz CT molecular complexity index is 532. The molecule has 0 aliphatic carbocycles. The number of aromatic nitrogens is 1. The van der Waals surface area contributed by atoms with Gasteiger partial charge in [0.1, 0.15) is 16.0 Å². The molecule has 2 N–H and O–H groups in total. The number of nitrogens with zero attached hydrogens (tertiary/aromatic N) is 1. The monoisotopic (exact) mass is 315 g/mol. The van der Waals surface area contributed by atoms with Crippen LogP contribution in [0.4, 0.5) is 5.82 Å². The molecule has 0 aromatic carbocycles. The molecule has 20 heavy (non-hydrogen) atoms. The van der Waals surface area contributed by atoms with Crippen LogP contribution in [0.1, 0.15) is 20.8 Å². The second kappa shape index (κ2) is 6.72. The second-order valence-electron chi connectivity index (χ2n) is 5.01. The predicted octanol–water partition coefficient (Wildman–Crippen LogP) is 2.83. The van der Waals surface area contributed by atoms with Gasteiger partial charge in [-0.25, -0.2) is 4.98 Å². The molecule has 108 valence electrons. The summed E-state index contributed by atoms with van der Waals surface area (Å²) in [7, 11) is 0. The molecule has 0 radical (unpaired) electrons. The summed E-state index contributed by atoms with van der Waals surface area (Å²) in [6.45, 7) is 5.12. The molecule has 0 aliphatic heterocycles. The minimum absolute atomic E-state index is 0.209. The Hall–Kier alpha value is -1.59. The number of anilines is 1. The molecule has 0 unspecified atom stereocenters. The average molecular weight is 316 g/mol. The Balaban J connectivity index is 2.86. The first-order valence-corrected chi connectivity index (χ1v) is 6.56. The first-order valence-electron chi connectivity index (χ1n) is 5.81. The topological polar surface area (TPSA) is 71.1 Å². The summed E-state index contributed by atoms with van der Waals surface area (Å²) in [4.78, 5) is 27.8. The first-order chi connectivity index (χ1) is 9.21. The van der Waals surface area contributed by atoms with Crippen LogP contribution < -0.4 is 10.6 Å². The molecule has 0 atom stereocenters. The zero-order chi connectivity index (χ0) is 15.3. The fourth-order valence-electron chi connectivity index (χ4n) is 1.11. The Morgan fingerprint density at radius 1 is 1.20 bits per heavy atom. The number of amides is 2. The van der Waals surface area contributed by atoms with Gasteiger partial charge >= 0.3 is 0 Å². The highest BCUT2D eigenvalue weighted by molar-refractivity contribution is 6.57. The van der Waals surface area contributed by atoms with E-state index in [2.05, 4.69) is 15.6 Å². The van der Waals surface area contributed by atoms with Crippen molar-refractivity contribution in [3.05, 3.63) is 34.6 Å². The van der Waals surface area contributed by atoms with Gasteiger partial charge in [-0.15, -0.1) is 0 Å². The first kappa shape index (κ1) is 16.5. The molecule has 1 aromatic heterocycles. The lowest BCUT2D eigenvalue weighted by Crippen LogP contribution is -2.38. The van der Waals surface area contributed by atoms with Crippen molar-refractivity contribution in [2.75, 3.05) is 5.32 Å². The summed E-state index contributed by atoms with van der Waals surface area (Å²) >= 11 is 11.3. The zero-order valence-corrected chi connectivity index (χ0v) is 12.8. The summed E-state index contributed by atoms with van der Waals surface area (Å²) in [5, 5.41) is 4.90. The number of hydrogen-bond acceptors (Lipinski definition) is 3. The van der Waals surface area contributed by atoms with E-state index in [9.17, 15) is 9.59 Å². The largest absolute Gasteiger partial charge is 0.319 e. The van der Waals surface area contributed by atoms with Gasteiger partial charge in [0, 0.05) is 11.6 Å². The highest BCUT2D eigenvalue weighted by Crippen LogP contribution is 2.18. The summed E-state index contributed by atoms with van der Waals surface area (Å²) in [6, 6.07) is 5.02. The molecular formula is C13H15Cl2N3O2. The number of carbonyl (C=O) groups is 2. The Morgan fingerprint density at radius 3 is 2.30 bits per heavy atom. The number of hydrogen-bond donors (Lipinski definition) is 2. The second-order valence-corrected chi connectivity index (χ2v) is 5.96. The van der Waals surface area contributed by atoms with Crippen molar-refractivity contribution in [3.8, 4) is 0 Å². The van der Waals surface area contributed by atoms with Crippen molar-refractivity contribution in [2.45, 2.75) is 20.8 Å². The molecule has 1 aromatic rings. The van der Waals surface area contributed by atoms with E-state index in [4.69, 9.17) is 23.2 Å². The number of pyridine rings is 1. The normalized spacial score (nSPS) is 10.7. The standard InChI is InChI=1S/C13H15Cl2N3O2/c1-13(2,3)12(20)18-9(10(14)15)11(19)17-8-6-4-5-7-16-8/h4-7H,1-3H3,(H,18,20)(H,16,17,19). The van der Waals surface area contributed by atoms with Crippen LogP contribution in [0.25, 0.3) is 0 Å². The third kappa shape index (κ3) is 4.83. The summed E-state index contributed by atoms with van der Waals surface area (Å²) in [5.41, 5.74) is -0.890. The third-order valence-electron chi connectivity index (χ3n) is 2.24. The summed E-state index contributed by atoms with van der Waals surface area (Å²) < 4.78 is -0.323. The lowest BCUT2D eigenvalue weighted by molar-refractivity contribution is -0.128. The van der Waals surface area contributed by atoms with Crippen molar-refractivity contribution >= 4 is 40.8 Å². The molecule has 0 saturated heterocycles. The lowest BCUT2D eigenvalue weighted by Gasteiger charge is -2.19. The summed E-state index contributed by atoms with van der Waals surface area (Å²) in [5.74, 6) is -0.682. The van der Waals surface area contributed by atoms with Gasteiger partial charge in [-0.2, -0.15) is 0 Å². The van der Waals surface area contributed by atoms with Gasteiger partial charge < -0.3 is 10.6 Å². The van der Waals surface area contributed by atoms with Gasteiger partial charge in [0.15, 0.2) is 0 Å². The molecule has 7 heteroatoms. The maximum Gasteiger partial charge on any atom is 0.275 e. The molecule has 2 amide bonds. The number of halogens is 2. The maximum atomic E-state index is 12.0. The van der Waals surface area contributed by atoms with E-state index in [1.54, 1.807) is 39.0 Å². The van der Waals surface area contributed by atoms with Crippen LogP contribution in [0.2, 0.25) is 0 Å². The third-order valence-corrected chi connectivity index (χ3v) is 2.62. The van der Waals surface area contributed by atoms with Crippen LogP contribution in [-0.2, 0) is 9.59 Å². The van der Waals surface area contributed by atoms with Crippen molar-refractivity contribution < 1.29 is 9.59 Å². The highest BCUT2D eigenvalue weighted by atomic mass is 35.5. The van der Waals surface area contributed by atoms with Gasteiger partial charge in [-0.1, -0.05) is 50.0 Å². The number of carbonyl (C=O) groups excluding carboxylic acids is 2.